The standard InChI is InChI=1S/C21H32N2O/c1-16(2)19-6-3-18(4-7-19)15-23(20-8-9-20)21(24)10-5-17-11-13-22-14-12-17/h3-4,6-7,16-17,20,22H,5,8-15H2,1-2H3. The van der Waals surface area contributed by atoms with Crippen LogP contribution >= 0.6 is 0 Å². The number of hydrogen-bond acceptors (Lipinski definition) is 2. The Balaban J connectivity index is 1.54. The number of nitrogens with zero attached hydrogens (tertiary/aromatic N) is 1. The predicted molar refractivity (Wildman–Crippen MR) is 98.9 cm³/mol. The fraction of sp³-hybridized carbons (Fsp3) is 0.667. The number of carbonyl (C=O) groups is 1. The van der Waals surface area contributed by atoms with Crippen LogP contribution < -0.4 is 5.32 Å². The van der Waals surface area contributed by atoms with E-state index in [1.165, 1.54) is 36.8 Å². The molecule has 1 saturated carbocycles. The molecule has 2 aliphatic rings. The van der Waals surface area contributed by atoms with Crippen molar-refractivity contribution < 1.29 is 4.79 Å². The van der Waals surface area contributed by atoms with Crippen molar-refractivity contribution in [1.82, 2.24) is 10.2 Å². The van der Waals surface area contributed by atoms with Gasteiger partial charge >= 0.3 is 0 Å². The predicted octanol–water partition coefficient (Wildman–Crippen LogP) is 4.08. The van der Waals surface area contributed by atoms with Crippen molar-refractivity contribution in [2.45, 2.75) is 70.9 Å². The molecule has 0 unspecified atom stereocenters. The van der Waals surface area contributed by atoms with E-state index in [-0.39, 0.29) is 0 Å². The van der Waals surface area contributed by atoms with Crippen molar-refractivity contribution in [1.29, 1.82) is 0 Å². The van der Waals surface area contributed by atoms with Crippen molar-refractivity contribution in [2.24, 2.45) is 5.92 Å². The number of piperidine rings is 1. The number of benzene rings is 1. The van der Waals surface area contributed by atoms with Crippen LogP contribution in [0.25, 0.3) is 0 Å². The lowest BCUT2D eigenvalue weighted by molar-refractivity contribution is -0.132. The third kappa shape index (κ3) is 4.83. The molecule has 1 aromatic rings. The highest BCUT2D eigenvalue weighted by molar-refractivity contribution is 5.76. The summed E-state index contributed by atoms with van der Waals surface area (Å²) in [5.41, 5.74) is 2.63. The fourth-order valence-corrected chi connectivity index (χ4v) is 3.65. The first-order valence-electron chi connectivity index (χ1n) is 9.72. The van der Waals surface area contributed by atoms with E-state index in [0.717, 1.165) is 38.4 Å². The van der Waals surface area contributed by atoms with Gasteiger partial charge in [0.25, 0.3) is 0 Å². The van der Waals surface area contributed by atoms with Crippen LogP contribution in [0.4, 0.5) is 0 Å². The summed E-state index contributed by atoms with van der Waals surface area (Å²) in [5.74, 6) is 1.66. The topological polar surface area (TPSA) is 32.3 Å². The highest BCUT2D eigenvalue weighted by Gasteiger charge is 2.32. The molecule has 2 fully saturated rings. The lowest BCUT2D eigenvalue weighted by Crippen LogP contribution is -2.33. The van der Waals surface area contributed by atoms with Gasteiger partial charge < -0.3 is 10.2 Å². The summed E-state index contributed by atoms with van der Waals surface area (Å²) in [5, 5.41) is 3.40. The minimum Gasteiger partial charge on any atom is -0.335 e. The fourth-order valence-electron chi connectivity index (χ4n) is 3.65. The smallest absolute Gasteiger partial charge is 0.223 e. The van der Waals surface area contributed by atoms with E-state index >= 15 is 0 Å². The van der Waals surface area contributed by atoms with Crippen LogP contribution in [0.3, 0.4) is 0 Å². The summed E-state index contributed by atoms with van der Waals surface area (Å²) in [4.78, 5) is 14.9. The van der Waals surface area contributed by atoms with Gasteiger partial charge in [0, 0.05) is 19.0 Å². The molecule has 1 aliphatic carbocycles. The number of carbonyl (C=O) groups excluding carboxylic acids is 1. The van der Waals surface area contributed by atoms with Crippen LogP contribution in [-0.4, -0.2) is 29.9 Å². The van der Waals surface area contributed by atoms with Crippen molar-refractivity contribution in [2.75, 3.05) is 13.1 Å². The number of amides is 1. The zero-order valence-electron chi connectivity index (χ0n) is 15.3. The minimum absolute atomic E-state index is 0.365. The van der Waals surface area contributed by atoms with Crippen LogP contribution in [0.15, 0.2) is 24.3 Å². The quantitative estimate of drug-likeness (QED) is 0.818. The molecular formula is C21H32N2O. The Hall–Kier alpha value is -1.35. The number of rotatable bonds is 7. The molecule has 1 aliphatic heterocycles. The number of nitrogens with one attached hydrogen (secondary N) is 1. The lowest BCUT2D eigenvalue weighted by atomic mass is 9.93. The van der Waals surface area contributed by atoms with E-state index in [1.807, 2.05) is 0 Å². The molecule has 24 heavy (non-hydrogen) atoms. The van der Waals surface area contributed by atoms with Crippen molar-refractivity contribution >= 4 is 5.91 Å². The average Bonchev–Trinajstić information content (AvgIpc) is 3.44. The van der Waals surface area contributed by atoms with Gasteiger partial charge in [0.05, 0.1) is 0 Å². The summed E-state index contributed by atoms with van der Waals surface area (Å²) in [6.07, 6.45) is 6.62. The summed E-state index contributed by atoms with van der Waals surface area (Å²) in [6.45, 7) is 7.46. The molecule has 1 heterocycles. The van der Waals surface area contributed by atoms with Crippen LogP contribution in [0.5, 0.6) is 0 Å². The van der Waals surface area contributed by atoms with Gasteiger partial charge in [-0.3, -0.25) is 4.79 Å². The molecule has 0 radical (unpaired) electrons. The maximum atomic E-state index is 12.8. The van der Waals surface area contributed by atoms with Gasteiger partial charge in [-0.05, 0) is 68.2 Å². The molecule has 3 rings (SSSR count). The zero-order valence-corrected chi connectivity index (χ0v) is 15.3. The van der Waals surface area contributed by atoms with Gasteiger partial charge in [0.1, 0.15) is 0 Å². The van der Waals surface area contributed by atoms with Gasteiger partial charge in [-0.25, -0.2) is 0 Å². The van der Waals surface area contributed by atoms with E-state index in [0.29, 0.717) is 17.9 Å². The third-order valence-corrected chi connectivity index (χ3v) is 5.53. The van der Waals surface area contributed by atoms with Crippen molar-refractivity contribution in [3.63, 3.8) is 0 Å². The van der Waals surface area contributed by atoms with E-state index < -0.39 is 0 Å². The molecule has 1 amide bonds. The highest BCUT2D eigenvalue weighted by Crippen LogP contribution is 2.30. The first-order valence-corrected chi connectivity index (χ1v) is 9.72. The molecule has 3 nitrogen and oxygen atoms in total. The average molecular weight is 329 g/mol. The van der Waals surface area contributed by atoms with Gasteiger partial charge in [0.15, 0.2) is 0 Å². The van der Waals surface area contributed by atoms with Crippen molar-refractivity contribution in [3.8, 4) is 0 Å². The molecule has 1 N–H and O–H groups in total. The summed E-state index contributed by atoms with van der Waals surface area (Å²) >= 11 is 0. The Labute approximate surface area is 146 Å². The maximum Gasteiger partial charge on any atom is 0.223 e. The summed E-state index contributed by atoms with van der Waals surface area (Å²) in [6, 6.07) is 9.32. The van der Waals surface area contributed by atoms with Gasteiger partial charge in [-0.2, -0.15) is 0 Å². The second-order valence-electron chi connectivity index (χ2n) is 7.88. The largest absolute Gasteiger partial charge is 0.335 e. The minimum atomic E-state index is 0.365. The molecular weight excluding hydrogens is 296 g/mol. The van der Waals surface area contributed by atoms with Crippen LogP contribution in [0, 0.1) is 5.92 Å². The normalized spacial score (nSPS) is 18.8. The third-order valence-electron chi connectivity index (χ3n) is 5.53. The molecule has 1 aromatic carbocycles. The van der Waals surface area contributed by atoms with Gasteiger partial charge in [-0.1, -0.05) is 38.1 Å². The first kappa shape index (κ1) is 17.5. The molecule has 0 spiro atoms. The molecule has 3 heteroatoms. The van der Waals surface area contributed by atoms with Crippen molar-refractivity contribution in [3.05, 3.63) is 35.4 Å². The monoisotopic (exact) mass is 328 g/mol. The summed E-state index contributed by atoms with van der Waals surface area (Å²) in [7, 11) is 0. The lowest BCUT2D eigenvalue weighted by Gasteiger charge is -2.26. The summed E-state index contributed by atoms with van der Waals surface area (Å²) < 4.78 is 0. The van der Waals surface area contributed by atoms with Gasteiger partial charge in [0.2, 0.25) is 5.91 Å². The second kappa shape index (κ2) is 8.15. The molecule has 0 bridgehead atoms. The first-order chi connectivity index (χ1) is 11.6. The van der Waals surface area contributed by atoms with E-state index in [2.05, 4.69) is 48.3 Å². The Kier molecular flexibility index (Phi) is 5.94. The van der Waals surface area contributed by atoms with E-state index in [9.17, 15) is 4.79 Å². The molecule has 1 saturated heterocycles. The Morgan fingerprint density at radius 3 is 2.38 bits per heavy atom. The van der Waals surface area contributed by atoms with Crippen LogP contribution in [-0.2, 0) is 11.3 Å². The Morgan fingerprint density at radius 1 is 1.12 bits per heavy atom. The second-order valence-corrected chi connectivity index (χ2v) is 7.88. The van der Waals surface area contributed by atoms with Gasteiger partial charge in [-0.15, -0.1) is 0 Å². The van der Waals surface area contributed by atoms with E-state index in [4.69, 9.17) is 0 Å². The SMILES string of the molecule is CC(C)c1ccc(CN(C(=O)CCC2CCNCC2)C2CC2)cc1. The molecule has 132 valence electrons. The Bertz CT molecular complexity index is 527. The highest BCUT2D eigenvalue weighted by atomic mass is 16.2. The number of hydrogen-bond donors (Lipinski definition) is 1. The maximum absolute atomic E-state index is 12.8. The van der Waals surface area contributed by atoms with E-state index in [1.54, 1.807) is 0 Å². The zero-order chi connectivity index (χ0) is 16.9. The van der Waals surface area contributed by atoms with Crippen LogP contribution in [0.1, 0.15) is 69.4 Å². The Morgan fingerprint density at radius 2 is 1.79 bits per heavy atom. The molecule has 0 atom stereocenters. The molecule has 0 aromatic heterocycles. The van der Waals surface area contributed by atoms with Crippen LogP contribution in [0.2, 0.25) is 0 Å².